The third-order valence-electron chi connectivity index (χ3n) is 9.01. The molecule has 5 fully saturated rings. The number of rotatable bonds is 3. The first-order chi connectivity index (χ1) is 14.9. The van der Waals surface area contributed by atoms with Crippen molar-refractivity contribution in [1.29, 1.82) is 0 Å². The molecular formula is C26H33NO4. The number of piperidine rings is 1. The molecule has 5 nitrogen and oxygen atoms in total. The van der Waals surface area contributed by atoms with Gasteiger partial charge in [-0.2, -0.15) is 0 Å². The van der Waals surface area contributed by atoms with Gasteiger partial charge in [-0.15, -0.1) is 0 Å². The summed E-state index contributed by atoms with van der Waals surface area (Å²) < 4.78 is 11.6. The van der Waals surface area contributed by atoms with Gasteiger partial charge in [0.25, 0.3) is 0 Å². The lowest BCUT2D eigenvalue weighted by Crippen LogP contribution is -2.53. The van der Waals surface area contributed by atoms with Crippen LogP contribution in [-0.2, 0) is 4.79 Å². The number of ether oxygens (including phenoxy) is 2. The lowest BCUT2D eigenvalue weighted by molar-refractivity contribution is -0.142. The summed E-state index contributed by atoms with van der Waals surface area (Å²) in [6.45, 7) is 1.40. The predicted octanol–water partition coefficient (Wildman–Crippen LogP) is 4.63. The first kappa shape index (κ1) is 19.6. The average Bonchev–Trinajstić information content (AvgIpc) is 2.72. The molecule has 0 radical (unpaired) electrons. The number of Topliss-reactive ketones (excluding diaryl/α,β-unsaturated/α-hetero) is 1. The number of benzene rings is 1. The lowest BCUT2D eigenvalue weighted by atomic mass is 9.49. The van der Waals surface area contributed by atoms with Crippen LogP contribution < -0.4 is 9.47 Å². The average molecular weight is 424 g/mol. The number of amides is 1. The van der Waals surface area contributed by atoms with Gasteiger partial charge in [0.1, 0.15) is 17.1 Å². The van der Waals surface area contributed by atoms with Gasteiger partial charge < -0.3 is 14.4 Å². The van der Waals surface area contributed by atoms with Crippen molar-refractivity contribution in [3.63, 3.8) is 0 Å². The topological polar surface area (TPSA) is 55.8 Å². The van der Waals surface area contributed by atoms with E-state index in [0.717, 1.165) is 37.0 Å². The number of methoxy groups -OCH3 is 1. The van der Waals surface area contributed by atoms with E-state index >= 15 is 0 Å². The second-order valence-corrected chi connectivity index (χ2v) is 11.2. The van der Waals surface area contributed by atoms with Crippen LogP contribution in [0.15, 0.2) is 18.2 Å². The van der Waals surface area contributed by atoms with Crippen molar-refractivity contribution in [1.82, 2.24) is 4.90 Å². The minimum atomic E-state index is -0.462. The maximum Gasteiger partial charge on any atom is 0.223 e. The second kappa shape index (κ2) is 6.98. The van der Waals surface area contributed by atoms with Crippen molar-refractivity contribution in [3.05, 3.63) is 23.8 Å². The number of likely N-dealkylation sites (tertiary alicyclic amines) is 1. The number of carbonyl (C=O) groups is 2. The first-order valence-electron chi connectivity index (χ1n) is 12.1. The highest BCUT2D eigenvalue weighted by Crippen LogP contribution is 2.61. The first-order valence-corrected chi connectivity index (χ1v) is 12.1. The highest BCUT2D eigenvalue weighted by molar-refractivity contribution is 6.00. The maximum atomic E-state index is 13.3. The standard InChI is InChI=1S/C26H33NO4/c1-30-20-2-3-23-21(11-20)22(28)15-26(31-23)4-6-27(7-5-26)24(29)16-25-12-17-8-18(13-25)10-19(9-17)14-25/h2-3,11,17-19H,4-10,12-16H2,1H3. The molecule has 31 heavy (non-hydrogen) atoms. The SMILES string of the molecule is COc1ccc2c(c1)C(=O)CC1(CCN(C(=O)CC34CC5CC(CC(C5)C3)C4)CC1)O2. The van der Waals surface area contributed by atoms with E-state index in [2.05, 4.69) is 4.90 Å². The van der Waals surface area contributed by atoms with E-state index in [-0.39, 0.29) is 11.2 Å². The van der Waals surface area contributed by atoms with Gasteiger partial charge in [-0.25, -0.2) is 0 Å². The largest absolute Gasteiger partial charge is 0.497 e. The van der Waals surface area contributed by atoms with Crippen LogP contribution in [0.1, 0.15) is 74.6 Å². The Morgan fingerprint density at radius 2 is 1.74 bits per heavy atom. The van der Waals surface area contributed by atoms with E-state index in [4.69, 9.17) is 9.47 Å². The zero-order chi connectivity index (χ0) is 21.2. The molecule has 5 heteroatoms. The number of fused-ring (bicyclic) bond motifs is 1. The molecule has 166 valence electrons. The van der Waals surface area contributed by atoms with Gasteiger partial charge in [0.05, 0.1) is 19.1 Å². The molecule has 1 spiro atoms. The molecule has 7 rings (SSSR count). The molecule has 0 unspecified atom stereocenters. The molecule has 4 bridgehead atoms. The monoisotopic (exact) mass is 423 g/mol. The van der Waals surface area contributed by atoms with Gasteiger partial charge in [0.15, 0.2) is 5.78 Å². The number of nitrogens with zero attached hydrogens (tertiary/aromatic N) is 1. The summed E-state index contributed by atoms with van der Waals surface area (Å²) in [6, 6.07) is 5.46. The van der Waals surface area contributed by atoms with Gasteiger partial charge in [-0.1, -0.05) is 0 Å². The van der Waals surface area contributed by atoms with Crippen LogP contribution in [-0.4, -0.2) is 42.4 Å². The van der Waals surface area contributed by atoms with E-state index in [1.54, 1.807) is 13.2 Å². The quantitative estimate of drug-likeness (QED) is 0.711. The molecule has 2 heterocycles. The smallest absolute Gasteiger partial charge is 0.223 e. The summed E-state index contributed by atoms with van der Waals surface area (Å²) in [5.41, 5.74) is 0.442. The van der Waals surface area contributed by atoms with E-state index in [1.165, 1.54) is 38.5 Å². The summed E-state index contributed by atoms with van der Waals surface area (Å²) in [5.74, 6) is 4.43. The van der Waals surface area contributed by atoms with Crippen molar-refractivity contribution in [2.75, 3.05) is 20.2 Å². The molecule has 4 saturated carbocycles. The summed E-state index contributed by atoms with van der Waals surface area (Å²) in [4.78, 5) is 28.2. The minimum Gasteiger partial charge on any atom is -0.497 e. The second-order valence-electron chi connectivity index (χ2n) is 11.2. The Morgan fingerprint density at radius 1 is 1.10 bits per heavy atom. The van der Waals surface area contributed by atoms with E-state index in [1.807, 2.05) is 12.1 Å². The fourth-order valence-electron chi connectivity index (χ4n) is 7.98. The molecule has 1 aromatic rings. The summed E-state index contributed by atoms with van der Waals surface area (Å²) in [7, 11) is 1.60. The Kier molecular flexibility index (Phi) is 4.42. The molecule has 2 aliphatic heterocycles. The van der Waals surface area contributed by atoms with Gasteiger partial charge >= 0.3 is 0 Å². The van der Waals surface area contributed by atoms with Crippen LogP contribution in [0.4, 0.5) is 0 Å². The van der Waals surface area contributed by atoms with Crippen LogP contribution in [0.25, 0.3) is 0 Å². The third-order valence-corrected chi connectivity index (χ3v) is 9.01. The number of hydrogen-bond acceptors (Lipinski definition) is 4. The fourth-order valence-corrected chi connectivity index (χ4v) is 7.98. The summed E-state index contributed by atoms with van der Waals surface area (Å²) >= 11 is 0. The van der Waals surface area contributed by atoms with Crippen LogP contribution in [0, 0.1) is 23.2 Å². The number of carbonyl (C=O) groups excluding carboxylic acids is 2. The van der Waals surface area contributed by atoms with Crippen LogP contribution in [0.2, 0.25) is 0 Å². The van der Waals surface area contributed by atoms with E-state index in [0.29, 0.717) is 42.5 Å². The Hall–Kier alpha value is -2.04. The Labute approximate surface area is 184 Å². The summed E-state index contributed by atoms with van der Waals surface area (Å²) in [6.07, 6.45) is 10.7. The van der Waals surface area contributed by atoms with Gasteiger partial charge in [0.2, 0.25) is 5.91 Å². The van der Waals surface area contributed by atoms with Crippen molar-refractivity contribution in [2.45, 2.75) is 69.8 Å². The van der Waals surface area contributed by atoms with Crippen LogP contribution in [0.5, 0.6) is 11.5 Å². The lowest BCUT2D eigenvalue weighted by Gasteiger charge is -2.57. The zero-order valence-corrected chi connectivity index (χ0v) is 18.5. The van der Waals surface area contributed by atoms with Crippen LogP contribution in [0.3, 0.4) is 0 Å². The minimum absolute atomic E-state index is 0.119. The van der Waals surface area contributed by atoms with E-state index in [9.17, 15) is 9.59 Å². The summed E-state index contributed by atoms with van der Waals surface area (Å²) in [5, 5.41) is 0. The molecule has 0 aromatic heterocycles. The molecule has 1 amide bonds. The maximum absolute atomic E-state index is 13.3. The van der Waals surface area contributed by atoms with Crippen LogP contribution >= 0.6 is 0 Å². The third kappa shape index (κ3) is 3.35. The van der Waals surface area contributed by atoms with Crippen molar-refractivity contribution >= 4 is 11.7 Å². The molecule has 1 saturated heterocycles. The van der Waals surface area contributed by atoms with Gasteiger partial charge in [0, 0.05) is 32.4 Å². The Morgan fingerprint density at radius 3 is 2.35 bits per heavy atom. The predicted molar refractivity (Wildman–Crippen MR) is 116 cm³/mol. The van der Waals surface area contributed by atoms with Crippen molar-refractivity contribution < 1.29 is 19.1 Å². The Balaban J connectivity index is 1.11. The van der Waals surface area contributed by atoms with Gasteiger partial charge in [-0.05, 0) is 79.9 Å². The normalized spacial score (nSPS) is 35.1. The van der Waals surface area contributed by atoms with Crippen molar-refractivity contribution in [3.8, 4) is 11.5 Å². The molecule has 1 aromatic carbocycles. The van der Waals surface area contributed by atoms with E-state index < -0.39 is 5.60 Å². The molecule has 4 aliphatic carbocycles. The highest BCUT2D eigenvalue weighted by Gasteiger charge is 2.52. The fraction of sp³-hybridized carbons (Fsp3) is 0.692. The molecular weight excluding hydrogens is 390 g/mol. The highest BCUT2D eigenvalue weighted by atomic mass is 16.5. The molecule has 6 aliphatic rings. The van der Waals surface area contributed by atoms with Gasteiger partial charge in [-0.3, -0.25) is 9.59 Å². The Bertz CT molecular complexity index is 879. The molecule has 0 atom stereocenters. The number of hydrogen-bond donors (Lipinski definition) is 0. The van der Waals surface area contributed by atoms with Crippen molar-refractivity contribution in [2.24, 2.45) is 23.2 Å². The molecule has 0 N–H and O–H groups in total. The zero-order valence-electron chi connectivity index (χ0n) is 18.5. The number of ketones is 1.